The van der Waals surface area contributed by atoms with Gasteiger partial charge in [-0.3, -0.25) is 4.79 Å². The number of carbonyl (C=O) groups is 2. The van der Waals surface area contributed by atoms with E-state index in [1.165, 1.54) is 17.2 Å². The lowest BCUT2D eigenvalue weighted by molar-refractivity contribution is -0.116. The number of hydrogen-bond acceptors (Lipinski definition) is 4. The van der Waals surface area contributed by atoms with Crippen LogP contribution in [0.3, 0.4) is 0 Å². The molecule has 0 saturated carbocycles. The highest BCUT2D eigenvalue weighted by Gasteiger charge is 2.21. The molecule has 1 aromatic heterocycles. The Labute approximate surface area is 118 Å². The third-order valence-electron chi connectivity index (χ3n) is 2.30. The van der Waals surface area contributed by atoms with E-state index in [2.05, 4.69) is 20.3 Å². The van der Waals surface area contributed by atoms with Crippen LogP contribution in [0.25, 0.3) is 0 Å². The van der Waals surface area contributed by atoms with Gasteiger partial charge in [-0.15, -0.1) is 0 Å². The van der Waals surface area contributed by atoms with Crippen LogP contribution in [0.1, 0.15) is 34.1 Å². The number of hydrogen-bond donors (Lipinski definition) is 2. The van der Waals surface area contributed by atoms with Gasteiger partial charge in [-0.25, -0.2) is 4.79 Å². The Bertz CT molecular complexity index is 437. The molecule has 20 heavy (non-hydrogen) atoms. The number of aromatic nitrogens is 1. The Morgan fingerprint density at radius 1 is 1.40 bits per heavy atom. The van der Waals surface area contributed by atoms with Crippen molar-refractivity contribution in [1.29, 1.82) is 0 Å². The number of rotatable bonds is 5. The molecule has 0 radical (unpaired) electrons. The molecule has 0 aliphatic heterocycles. The Morgan fingerprint density at radius 3 is 2.60 bits per heavy atom. The SMILES string of the molecule is CCCN(CC(=O)Nc1ccon1)C(=O)NC(C)(C)C. The first-order valence-corrected chi connectivity index (χ1v) is 6.59. The van der Waals surface area contributed by atoms with Crippen LogP contribution in [-0.2, 0) is 4.79 Å². The van der Waals surface area contributed by atoms with Gasteiger partial charge >= 0.3 is 6.03 Å². The van der Waals surface area contributed by atoms with E-state index >= 15 is 0 Å². The summed E-state index contributed by atoms with van der Waals surface area (Å²) in [4.78, 5) is 25.4. The third-order valence-corrected chi connectivity index (χ3v) is 2.30. The van der Waals surface area contributed by atoms with Crippen LogP contribution >= 0.6 is 0 Å². The van der Waals surface area contributed by atoms with Crippen LogP contribution in [0.5, 0.6) is 0 Å². The normalized spacial score (nSPS) is 11.0. The molecule has 0 aromatic carbocycles. The number of nitrogens with one attached hydrogen (secondary N) is 2. The van der Waals surface area contributed by atoms with Crippen molar-refractivity contribution in [2.24, 2.45) is 0 Å². The van der Waals surface area contributed by atoms with Gasteiger partial charge in [0.25, 0.3) is 0 Å². The minimum Gasteiger partial charge on any atom is -0.363 e. The van der Waals surface area contributed by atoms with Gasteiger partial charge in [0, 0.05) is 18.2 Å². The van der Waals surface area contributed by atoms with Gasteiger partial charge in [-0.1, -0.05) is 12.1 Å². The summed E-state index contributed by atoms with van der Waals surface area (Å²) in [6.07, 6.45) is 2.14. The molecule has 0 unspecified atom stereocenters. The summed E-state index contributed by atoms with van der Waals surface area (Å²) in [6.45, 7) is 8.11. The lowest BCUT2D eigenvalue weighted by Gasteiger charge is -2.27. The highest BCUT2D eigenvalue weighted by molar-refractivity contribution is 5.93. The molecule has 0 atom stereocenters. The van der Waals surface area contributed by atoms with E-state index in [1.54, 1.807) is 0 Å². The third kappa shape index (κ3) is 5.73. The van der Waals surface area contributed by atoms with E-state index in [-0.39, 0.29) is 24.0 Å². The smallest absolute Gasteiger partial charge is 0.318 e. The van der Waals surface area contributed by atoms with E-state index < -0.39 is 0 Å². The van der Waals surface area contributed by atoms with Crippen LogP contribution in [0.4, 0.5) is 10.6 Å². The molecule has 7 heteroatoms. The molecule has 0 bridgehead atoms. The topological polar surface area (TPSA) is 87.5 Å². The maximum atomic E-state index is 12.1. The molecule has 1 aromatic rings. The quantitative estimate of drug-likeness (QED) is 0.862. The summed E-state index contributed by atoms with van der Waals surface area (Å²) in [5.41, 5.74) is -0.342. The molecule has 0 saturated heterocycles. The van der Waals surface area contributed by atoms with E-state index in [0.717, 1.165) is 6.42 Å². The van der Waals surface area contributed by atoms with Crippen LogP contribution in [0, 0.1) is 0 Å². The zero-order valence-corrected chi connectivity index (χ0v) is 12.4. The van der Waals surface area contributed by atoms with Crippen molar-refractivity contribution in [3.05, 3.63) is 12.3 Å². The number of nitrogens with zero attached hydrogens (tertiary/aromatic N) is 2. The number of anilines is 1. The molecular weight excluding hydrogens is 260 g/mol. The lowest BCUT2D eigenvalue weighted by atomic mass is 10.1. The Balaban J connectivity index is 2.57. The predicted octanol–water partition coefficient (Wildman–Crippen LogP) is 1.83. The van der Waals surface area contributed by atoms with Crippen molar-refractivity contribution in [2.75, 3.05) is 18.4 Å². The second-order valence-corrected chi connectivity index (χ2v) is 5.53. The average Bonchev–Trinajstić information content (AvgIpc) is 2.78. The van der Waals surface area contributed by atoms with Crippen molar-refractivity contribution >= 4 is 17.8 Å². The largest absolute Gasteiger partial charge is 0.363 e. The molecule has 0 spiro atoms. The summed E-state index contributed by atoms with van der Waals surface area (Å²) in [7, 11) is 0. The maximum absolute atomic E-state index is 12.1. The number of amides is 3. The van der Waals surface area contributed by atoms with Gasteiger partial charge in [-0.05, 0) is 27.2 Å². The Kier molecular flexibility index (Phi) is 5.54. The monoisotopic (exact) mass is 282 g/mol. The lowest BCUT2D eigenvalue weighted by Crippen LogP contribution is -2.50. The first-order valence-electron chi connectivity index (χ1n) is 6.59. The van der Waals surface area contributed by atoms with Gasteiger partial charge in [0.05, 0.1) is 0 Å². The average molecular weight is 282 g/mol. The van der Waals surface area contributed by atoms with E-state index in [4.69, 9.17) is 0 Å². The fourth-order valence-corrected chi connectivity index (χ4v) is 1.55. The standard InChI is InChI=1S/C13H22N4O3/c1-5-7-17(12(19)15-13(2,3)4)9-11(18)14-10-6-8-20-16-10/h6,8H,5,7,9H2,1-4H3,(H,15,19)(H,14,16,18). The maximum Gasteiger partial charge on any atom is 0.318 e. The molecule has 7 nitrogen and oxygen atoms in total. The minimum atomic E-state index is -0.342. The summed E-state index contributed by atoms with van der Waals surface area (Å²) >= 11 is 0. The van der Waals surface area contributed by atoms with Gasteiger partial charge in [0.2, 0.25) is 5.91 Å². The molecule has 0 aliphatic rings. The highest BCUT2D eigenvalue weighted by atomic mass is 16.5. The first kappa shape index (κ1) is 16.0. The zero-order valence-electron chi connectivity index (χ0n) is 12.4. The minimum absolute atomic E-state index is 0.0252. The molecular formula is C13H22N4O3. The number of carbonyl (C=O) groups excluding carboxylic acids is 2. The van der Waals surface area contributed by atoms with E-state index in [1.807, 2.05) is 27.7 Å². The van der Waals surface area contributed by atoms with Crippen LogP contribution in [-0.4, -0.2) is 40.6 Å². The molecule has 3 amide bonds. The number of urea groups is 1. The van der Waals surface area contributed by atoms with Crippen molar-refractivity contribution < 1.29 is 14.1 Å². The van der Waals surface area contributed by atoms with Crippen molar-refractivity contribution in [2.45, 2.75) is 39.7 Å². The summed E-state index contributed by atoms with van der Waals surface area (Å²) in [5.74, 6) is 0.0269. The summed E-state index contributed by atoms with van der Waals surface area (Å²) in [5, 5.41) is 8.99. The fourth-order valence-electron chi connectivity index (χ4n) is 1.55. The van der Waals surface area contributed by atoms with Crippen LogP contribution < -0.4 is 10.6 Å². The van der Waals surface area contributed by atoms with Gasteiger partial charge < -0.3 is 20.1 Å². The Hall–Kier alpha value is -2.05. The summed E-state index contributed by atoms with van der Waals surface area (Å²) < 4.78 is 4.62. The predicted molar refractivity (Wildman–Crippen MR) is 75.3 cm³/mol. The first-order chi connectivity index (χ1) is 9.31. The Morgan fingerprint density at radius 2 is 2.10 bits per heavy atom. The molecule has 0 aliphatic carbocycles. The van der Waals surface area contributed by atoms with Crippen LogP contribution in [0.15, 0.2) is 16.9 Å². The van der Waals surface area contributed by atoms with E-state index in [0.29, 0.717) is 12.4 Å². The molecule has 112 valence electrons. The van der Waals surface area contributed by atoms with Crippen LogP contribution in [0.2, 0.25) is 0 Å². The molecule has 0 fully saturated rings. The van der Waals surface area contributed by atoms with Gasteiger partial charge in [-0.2, -0.15) is 0 Å². The molecule has 2 N–H and O–H groups in total. The van der Waals surface area contributed by atoms with Crippen molar-refractivity contribution in [3.63, 3.8) is 0 Å². The molecule has 1 rings (SSSR count). The van der Waals surface area contributed by atoms with Crippen molar-refractivity contribution in [1.82, 2.24) is 15.4 Å². The van der Waals surface area contributed by atoms with Crippen molar-refractivity contribution in [3.8, 4) is 0 Å². The molecule has 1 heterocycles. The van der Waals surface area contributed by atoms with Gasteiger partial charge in [0.15, 0.2) is 5.82 Å². The summed E-state index contributed by atoms with van der Waals surface area (Å²) in [6, 6.07) is 1.28. The highest BCUT2D eigenvalue weighted by Crippen LogP contribution is 2.04. The zero-order chi connectivity index (χ0) is 15.2. The fraction of sp³-hybridized carbons (Fsp3) is 0.615. The second kappa shape index (κ2) is 6.93. The van der Waals surface area contributed by atoms with E-state index in [9.17, 15) is 9.59 Å². The van der Waals surface area contributed by atoms with Gasteiger partial charge in [0.1, 0.15) is 12.8 Å². The second-order valence-electron chi connectivity index (χ2n) is 5.53.